The lowest BCUT2D eigenvalue weighted by Crippen LogP contribution is -2.29. The van der Waals surface area contributed by atoms with Crippen molar-refractivity contribution in [1.82, 2.24) is 0 Å². The van der Waals surface area contributed by atoms with E-state index in [1.165, 1.54) is 12.1 Å². The fraction of sp³-hybridized carbons (Fsp3) is 0.318. The third-order valence-corrected chi connectivity index (χ3v) is 4.37. The van der Waals surface area contributed by atoms with Gasteiger partial charge < -0.3 is 9.64 Å². The number of anilines is 1. The number of esters is 1. The number of hydrogen-bond acceptors (Lipinski definition) is 9. The Hall–Kier alpha value is -4.31. The Morgan fingerprint density at radius 2 is 1.88 bits per heavy atom. The van der Waals surface area contributed by atoms with E-state index >= 15 is 0 Å². The Morgan fingerprint density at radius 3 is 2.47 bits per heavy atom. The lowest BCUT2D eigenvalue weighted by molar-refractivity contribution is -0.384. The minimum atomic E-state index is -0.581. The van der Waals surface area contributed by atoms with Crippen LogP contribution < -0.4 is 4.90 Å². The number of azo groups is 1. The van der Waals surface area contributed by atoms with Crippen molar-refractivity contribution in [2.24, 2.45) is 16.1 Å². The van der Waals surface area contributed by atoms with Crippen LogP contribution in [0.15, 0.2) is 52.7 Å². The van der Waals surface area contributed by atoms with Crippen LogP contribution in [0, 0.1) is 38.7 Å². The maximum Gasteiger partial charge on any atom is 0.308 e. The number of nitriles is 2. The molecule has 0 aliphatic rings. The summed E-state index contributed by atoms with van der Waals surface area (Å²) in [7, 11) is 0. The van der Waals surface area contributed by atoms with Gasteiger partial charge in [0.1, 0.15) is 18.4 Å². The maximum atomic E-state index is 11.6. The molecule has 0 radical (unpaired) electrons. The fourth-order valence-electron chi connectivity index (χ4n) is 2.63. The Kier molecular flexibility index (Phi) is 8.81. The molecule has 32 heavy (non-hydrogen) atoms. The highest BCUT2D eigenvalue weighted by molar-refractivity contribution is 5.71. The Labute approximate surface area is 185 Å². The molecule has 0 aromatic heterocycles. The van der Waals surface area contributed by atoms with E-state index in [1.54, 1.807) is 38.1 Å². The van der Waals surface area contributed by atoms with E-state index in [1.807, 2.05) is 11.0 Å². The first-order chi connectivity index (χ1) is 15.3. The molecule has 0 unspecified atom stereocenters. The number of benzene rings is 2. The van der Waals surface area contributed by atoms with Gasteiger partial charge >= 0.3 is 5.97 Å². The molecule has 164 valence electrons. The van der Waals surface area contributed by atoms with Gasteiger partial charge in [0.2, 0.25) is 0 Å². The Balaban J connectivity index is 2.11. The molecule has 10 nitrogen and oxygen atoms in total. The molecule has 2 aromatic rings. The molecule has 0 saturated carbocycles. The van der Waals surface area contributed by atoms with Crippen LogP contribution in [0.5, 0.6) is 0 Å². The van der Waals surface area contributed by atoms with Crippen molar-refractivity contribution in [2.75, 3.05) is 24.6 Å². The first-order valence-electron chi connectivity index (χ1n) is 9.84. The van der Waals surface area contributed by atoms with Crippen molar-refractivity contribution in [3.05, 3.63) is 58.1 Å². The molecule has 0 bridgehead atoms. The largest absolute Gasteiger partial charge is 0.464 e. The predicted molar refractivity (Wildman–Crippen MR) is 117 cm³/mol. The number of nitro benzene ring substituents is 1. The number of nitrogens with zero attached hydrogens (tertiary/aromatic N) is 6. The number of ether oxygens (including phenoxy) is 1. The van der Waals surface area contributed by atoms with Crippen LogP contribution in [0.1, 0.15) is 25.8 Å². The van der Waals surface area contributed by atoms with Crippen molar-refractivity contribution < 1.29 is 14.5 Å². The molecule has 0 amide bonds. The van der Waals surface area contributed by atoms with Crippen molar-refractivity contribution in [1.29, 1.82) is 10.5 Å². The van der Waals surface area contributed by atoms with Gasteiger partial charge in [-0.3, -0.25) is 14.9 Å². The average Bonchev–Trinajstić information content (AvgIpc) is 2.79. The lowest BCUT2D eigenvalue weighted by atomic mass is 10.2. The topological polar surface area (TPSA) is 145 Å². The van der Waals surface area contributed by atoms with Crippen LogP contribution >= 0.6 is 0 Å². The number of non-ortho nitro benzene ring substituents is 1. The minimum absolute atomic E-state index is 0.0539. The summed E-state index contributed by atoms with van der Waals surface area (Å²) in [5, 5.41) is 37.1. The highest BCUT2D eigenvalue weighted by atomic mass is 16.6. The van der Waals surface area contributed by atoms with Crippen molar-refractivity contribution in [3.63, 3.8) is 0 Å². The van der Waals surface area contributed by atoms with E-state index in [0.717, 1.165) is 11.8 Å². The monoisotopic (exact) mass is 434 g/mol. The highest BCUT2D eigenvalue weighted by Crippen LogP contribution is 2.27. The molecular formula is C22H22N6O4. The second kappa shape index (κ2) is 11.8. The van der Waals surface area contributed by atoms with Gasteiger partial charge in [-0.25, -0.2) is 0 Å². The van der Waals surface area contributed by atoms with E-state index in [9.17, 15) is 20.2 Å². The molecular weight excluding hydrogens is 412 g/mol. The van der Waals surface area contributed by atoms with Crippen LogP contribution in [-0.2, 0) is 9.53 Å². The zero-order valence-electron chi connectivity index (χ0n) is 17.8. The van der Waals surface area contributed by atoms with Gasteiger partial charge in [-0.05, 0) is 30.3 Å². The summed E-state index contributed by atoms with van der Waals surface area (Å²) in [4.78, 5) is 23.8. The van der Waals surface area contributed by atoms with Crippen molar-refractivity contribution in [2.45, 2.75) is 20.3 Å². The van der Waals surface area contributed by atoms with Crippen LogP contribution in [0.4, 0.5) is 22.7 Å². The quantitative estimate of drug-likeness (QED) is 0.226. The Morgan fingerprint density at radius 1 is 1.16 bits per heavy atom. The maximum absolute atomic E-state index is 11.6. The van der Waals surface area contributed by atoms with Gasteiger partial charge in [-0.2, -0.15) is 15.6 Å². The van der Waals surface area contributed by atoms with E-state index in [-0.39, 0.29) is 35.4 Å². The molecule has 10 heteroatoms. The summed E-state index contributed by atoms with van der Waals surface area (Å²) in [6.07, 6.45) is 0.316. The van der Waals surface area contributed by atoms with Crippen LogP contribution in [0.3, 0.4) is 0 Å². The summed E-state index contributed by atoms with van der Waals surface area (Å²) in [6.45, 7) is 4.65. The summed E-state index contributed by atoms with van der Waals surface area (Å²) in [5.41, 5.74) is 1.43. The van der Waals surface area contributed by atoms with Crippen LogP contribution in [-0.4, -0.2) is 30.6 Å². The second-order valence-corrected chi connectivity index (χ2v) is 7.00. The first kappa shape index (κ1) is 24.0. The van der Waals surface area contributed by atoms with Gasteiger partial charge in [0, 0.05) is 24.4 Å². The number of carbonyl (C=O) groups is 1. The molecule has 0 aliphatic carbocycles. The average molecular weight is 434 g/mol. The number of nitro groups is 1. The molecule has 0 spiro atoms. The van der Waals surface area contributed by atoms with Gasteiger partial charge in [0.25, 0.3) is 5.69 Å². The number of carbonyl (C=O) groups excluding carboxylic acids is 1. The second-order valence-electron chi connectivity index (χ2n) is 7.00. The first-order valence-corrected chi connectivity index (χ1v) is 9.84. The van der Waals surface area contributed by atoms with Gasteiger partial charge in [-0.1, -0.05) is 13.8 Å². The molecule has 2 rings (SSSR count). The lowest BCUT2D eigenvalue weighted by Gasteiger charge is -2.24. The van der Waals surface area contributed by atoms with Crippen LogP contribution in [0.2, 0.25) is 0 Å². The number of hydrogen-bond donors (Lipinski definition) is 0. The molecule has 0 fully saturated rings. The number of rotatable bonds is 10. The Bertz CT molecular complexity index is 1070. The molecule has 0 N–H and O–H groups in total. The van der Waals surface area contributed by atoms with Gasteiger partial charge in [0.05, 0.1) is 41.1 Å². The zero-order chi connectivity index (χ0) is 23.5. The minimum Gasteiger partial charge on any atom is -0.464 e. The van der Waals surface area contributed by atoms with Crippen LogP contribution in [0.25, 0.3) is 0 Å². The summed E-state index contributed by atoms with van der Waals surface area (Å²) < 4.78 is 5.23. The van der Waals surface area contributed by atoms with E-state index < -0.39 is 4.92 Å². The fourth-order valence-corrected chi connectivity index (χ4v) is 2.63. The SMILES string of the molecule is CC(C)C(=O)OCCN(CCC#N)c1ccc(N=Nc2ccc([N+](=O)[O-])cc2C#N)cc1. The standard InChI is InChI=1S/C22H22N6O4/c1-16(2)22(29)32-13-12-27(11-3-10-23)19-6-4-18(5-7-19)25-26-21-9-8-20(28(30)31)14-17(21)15-24/h4-9,14,16H,3,11-13H2,1-2H3. The third-order valence-electron chi connectivity index (χ3n) is 4.37. The van der Waals surface area contributed by atoms with Gasteiger partial charge in [-0.15, -0.1) is 5.11 Å². The summed E-state index contributed by atoms with van der Waals surface area (Å²) >= 11 is 0. The smallest absolute Gasteiger partial charge is 0.308 e. The molecule has 2 aromatic carbocycles. The van der Waals surface area contributed by atoms with E-state index in [2.05, 4.69) is 16.3 Å². The molecule has 0 aliphatic heterocycles. The summed E-state index contributed by atoms with van der Waals surface area (Å²) in [5.74, 6) is -0.478. The molecule has 0 heterocycles. The predicted octanol–water partition coefficient (Wildman–Crippen LogP) is 4.80. The van der Waals surface area contributed by atoms with E-state index in [0.29, 0.717) is 25.2 Å². The van der Waals surface area contributed by atoms with Crippen molar-refractivity contribution in [3.8, 4) is 12.1 Å². The van der Waals surface area contributed by atoms with Crippen molar-refractivity contribution >= 4 is 28.7 Å². The van der Waals surface area contributed by atoms with Gasteiger partial charge in [0.15, 0.2) is 0 Å². The normalized spacial score (nSPS) is 10.5. The molecule has 0 saturated heterocycles. The highest BCUT2D eigenvalue weighted by Gasteiger charge is 2.12. The zero-order valence-corrected chi connectivity index (χ0v) is 17.8. The summed E-state index contributed by atoms with van der Waals surface area (Å²) in [6, 6.07) is 14.8. The third kappa shape index (κ3) is 6.89. The molecule has 0 atom stereocenters. The van der Waals surface area contributed by atoms with E-state index in [4.69, 9.17) is 10.00 Å².